The second-order valence-corrected chi connectivity index (χ2v) is 4.29. The molecule has 0 atom stereocenters. The van der Waals surface area contributed by atoms with Crippen LogP contribution in [-0.4, -0.2) is 26.4 Å². The fraction of sp³-hybridized carbons (Fsp3) is 0.500. The van der Waals surface area contributed by atoms with Crippen LogP contribution in [0.5, 0.6) is 5.75 Å². The normalized spacial score (nSPS) is 17.1. The van der Waals surface area contributed by atoms with Gasteiger partial charge in [0.25, 0.3) is 0 Å². The van der Waals surface area contributed by atoms with E-state index in [1.807, 2.05) is 18.2 Å². The van der Waals surface area contributed by atoms with Crippen molar-refractivity contribution in [3.8, 4) is 5.75 Å². The van der Waals surface area contributed by atoms with Gasteiger partial charge in [0.15, 0.2) is 0 Å². The van der Waals surface area contributed by atoms with E-state index in [0.29, 0.717) is 16.8 Å². The number of methoxy groups -OCH3 is 1. The highest BCUT2D eigenvalue weighted by Gasteiger charge is 2.13. The third-order valence-corrected chi connectivity index (χ3v) is 3.04. The second-order valence-electron chi connectivity index (χ2n) is 3.88. The molecule has 1 fully saturated rings. The molecule has 0 radical (unpaired) electrons. The summed E-state index contributed by atoms with van der Waals surface area (Å²) < 4.78 is 10.4. The highest BCUT2D eigenvalue weighted by molar-refractivity contribution is 6.32. The molecule has 1 aromatic carbocycles. The smallest absolute Gasteiger partial charge is 0.137 e. The van der Waals surface area contributed by atoms with E-state index in [1.165, 1.54) is 0 Å². The summed E-state index contributed by atoms with van der Waals surface area (Å²) in [4.78, 5) is 0. The molecule has 88 valence electrons. The number of benzene rings is 1. The summed E-state index contributed by atoms with van der Waals surface area (Å²) in [5.74, 6) is 0.708. The summed E-state index contributed by atoms with van der Waals surface area (Å²) in [5.41, 5.74) is 1.04. The quantitative estimate of drug-likeness (QED) is 0.883. The average molecular weight is 242 g/mol. The molecule has 0 unspecified atom stereocenters. The number of anilines is 1. The Morgan fingerprint density at radius 3 is 2.75 bits per heavy atom. The third kappa shape index (κ3) is 2.80. The zero-order chi connectivity index (χ0) is 11.4. The molecule has 1 aromatic rings. The van der Waals surface area contributed by atoms with Gasteiger partial charge in [-0.2, -0.15) is 0 Å². The Morgan fingerprint density at radius 2 is 2.12 bits per heavy atom. The molecule has 0 bridgehead atoms. The van der Waals surface area contributed by atoms with Crippen LogP contribution in [0.2, 0.25) is 5.02 Å². The Bertz CT molecular complexity index is 351. The van der Waals surface area contributed by atoms with E-state index in [2.05, 4.69) is 5.32 Å². The van der Waals surface area contributed by atoms with Gasteiger partial charge in [0, 0.05) is 24.9 Å². The zero-order valence-electron chi connectivity index (χ0n) is 9.33. The van der Waals surface area contributed by atoms with E-state index in [1.54, 1.807) is 7.11 Å². The number of nitrogens with one attached hydrogen (secondary N) is 1. The summed E-state index contributed by atoms with van der Waals surface area (Å²) in [6.45, 7) is 1.67. The van der Waals surface area contributed by atoms with Gasteiger partial charge in [-0.1, -0.05) is 11.6 Å². The Kier molecular flexibility index (Phi) is 3.91. The number of hydrogen-bond donors (Lipinski definition) is 1. The SMILES string of the molecule is COc1ccc(NC2CCOCC2)cc1Cl. The molecule has 2 rings (SSSR count). The van der Waals surface area contributed by atoms with E-state index in [9.17, 15) is 0 Å². The van der Waals surface area contributed by atoms with E-state index in [0.717, 1.165) is 31.7 Å². The second kappa shape index (κ2) is 5.41. The van der Waals surface area contributed by atoms with Crippen molar-refractivity contribution >= 4 is 17.3 Å². The van der Waals surface area contributed by atoms with Crippen molar-refractivity contribution in [1.82, 2.24) is 0 Å². The lowest BCUT2D eigenvalue weighted by molar-refractivity contribution is 0.0904. The molecule has 1 N–H and O–H groups in total. The molecule has 0 aromatic heterocycles. The lowest BCUT2D eigenvalue weighted by Gasteiger charge is -2.24. The first-order valence-electron chi connectivity index (χ1n) is 5.47. The molecule has 3 nitrogen and oxygen atoms in total. The van der Waals surface area contributed by atoms with E-state index >= 15 is 0 Å². The fourth-order valence-corrected chi connectivity index (χ4v) is 2.09. The molecule has 1 aliphatic rings. The number of ether oxygens (including phenoxy) is 2. The Balaban J connectivity index is 2.01. The minimum Gasteiger partial charge on any atom is -0.495 e. The molecule has 0 aliphatic carbocycles. The maximum atomic E-state index is 6.06. The molecule has 1 aliphatic heterocycles. The van der Waals surface area contributed by atoms with Gasteiger partial charge in [-0.05, 0) is 31.0 Å². The highest BCUT2D eigenvalue weighted by Crippen LogP contribution is 2.28. The van der Waals surface area contributed by atoms with Crippen molar-refractivity contribution in [2.24, 2.45) is 0 Å². The van der Waals surface area contributed by atoms with Crippen molar-refractivity contribution in [2.45, 2.75) is 18.9 Å². The summed E-state index contributed by atoms with van der Waals surface area (Å²) in [5, 5.41) is 4.09. The van der Waals surface area contributed by atoms with Gasteiger partial charge >= 0.3 is 0 Å². The van der Waals surface area contributed by atoms with Crippen LogP contribution in [0, 0.1) is 0 Å². The molecule has 16 heavy (non-hydrogen) atoms. The number of hydrogen-bond acceptors (Lipinski definition) is 3. The first kappa shape index (κ1) is 11.6. The lowest BCUT2D eigenvalue weighted by Crippen LogP contribution is -2.27. The van der Waals surface area contributed by atoms with E-state index in [4.69, 9.17) is 21.1 Å². The van der Waals surface area contributed by atoms with Crippen LogP contribution in [0.1, 0.15) is 12.8 Å². The summed E-state index contributed by atoms with van der Waals surface area (Å²) >= 11 is 6.06. The number of halogens is 1. The van der Waals surface area contributed by atoms with Crippen LogP contribution in [0.3, 0.4) is 0 Å². The fourth-order valence-electron chi connectivity index (χ4n) is 1.83. The van der Waals surface area contributed by atoms with Gasteiger partial charge in [-0.3, -0.25) is 0 Å². The minimum atomic E-state index is 0.484. The van der Waals surface area contributed by atoms with Crippen molar-refractivity contribution in [1.29, 1.82) is 0 Å². The van der Waals surface area contributed by atoms with Crippen LogP contribution in [0.15, 0.2) is 18.2 Å². The van der Waals surface area contributed by atoms with Gasteiger partial charge in [0.1, 0.15) is 5.75 Å². The van der Waals surface area contributed by atoms with Crippen LogP contribution < -0.4 is 10.1 Å². The standard InChI is InChI=1S/C12H16ClNO2/c1-15-12-3-2-10(8-11(12)13)14-9-4-6-16-7-5-9/h2-3,8-9,14H,4-7H2,1H3. The van der Waals surface area contributed by atoms with Crippen LogP contribution in [0.25, 0.3) is 0 Å². The Morgan fingerprint density at radius 1 is 1.38 bits per heavy atom. The molecule has 1 saturated heterocycles. The monoisotopic (exact) mass is 241 g/mol. The highest BCUT2D eigenvalue weighted by atomic mass is 35.5. The lowest BCUT2D eigenvalue weighted by atomic mass is 10.1. The summed E-state index contributed by atoms with van der Waals surface area (Å²) in [6, 6.07) is 6.25. The first-order valence-corrected chi connectivity index (χ1v) is 5.85. The summed E-state index contributed by atoms with van der Waals surface area (Å²) in [6.07, 6.45) is 2.09. The third-order valence-electron chi connectivity index (χ3n) is 2.74. The maximum Gasteiger partial charge on any atom is 0.137 e. The van der Waals surface area contributed by atoms with Crippen molar-refractivity contribution in [3.63, 3.8) is 0 Å². The minimum absolute atomic E-state index is 0.484. The zero-order valence-corrected chi connectivity index (χ0v) is 10.1. The topological polar surface area (TPSA) is 30.5 Å². The largest absolute Gasteiger partial charge is 0.495 e. The van der Waals surface area contributed by atoms with Gasteiger partial charge < -0.3 is 14.8 Å². The van der Waals surface area contributed by atoms with E-state index < -0.39 is 0 Å². The van der Waals surface area contributed by atoms with Crippen molar-refractivity contribution in [2.75, 3.05) is 25.6 Å². The molecule has 0 saturated carbocycles. The predicted molar refractivity (Wildman–Crippen MR) is 65.5 cm³/mol. The van der Waals surface area contributed by atoms with Gasteiger partial charge in [-0.25, -0.2) is 0 Å². The van der Waals surface area contributed by atoms with Gasteiger partial charge in [-0.15, -0.1) is 0 Å². The van der Waals surface area contributed by atoms with Gasteiger partial charge in [0.05, 0.1) is 12.1 Å². The molecule has 0 spiro atoms. The van der Waals surface area contributed by atoms with E-state index in [-0.39, 0.29) is 0 Å². The molecule has 4 heteroatoms. The molecular weight excluding hydrogens is 226 g/mol. The first-order chi connectivity index (χ1) is 7.79. The summed E-state index contributed by atoms with van der Waals surface area (Å²) in [7, 11) is 1.62. The van der Waals surface area contributed by atoms with Crippen molar-refractivity contribution < 1.29 is 9.47 Å². The van der Waals surface area contributed by atoms with Crippen molar-refractivity contribution in [3.05, 3.63) is 23.2 Å². The average Bonchev–Trinajstić information content (AvgIpc) is 2.31. The predicted octanol–water partition coefficient (Wildman–Crippen LogP) is 2.94. The molecular formula is C12H16ClNO2. The Hall–Kier alpha value is -0.930. The molecule has 0 amide bonds. The van der Waals surface area contributed by atoms with Gasteiger partial charge in [0.2, 0.25) is 0 Å². The van der Waals surface area contributed by atoms with Crippen LogP contribution in [0.4, 0.5) is 5.69 Å². The Labute approximate surface area is 101 Å². The number of rotatable bonds is 3. The van der Waals surface area contributed by atoms with Crippen LogP contribution >= 0.6 is 11.6 Å². The maximum absolute atomic E-state index is 6.06. The van der Waals surface area contributed by atoms with Crippen LogP contribution in [-0.2, 0) is 4.74 Å². The molecule has 1 heterocycles.